The zero-order chi connectivity index (χ0) is 16.2. The first-order chi connectivity index (χ1) is 11.2. The molecule has 0 saturated heterocycles. The van der Waals surface area contributed by atoms with Crippen molar-refractivity contribution in [3.05, 3.63) is 45.5 Å². The first-order valence-electron chi connectivity index (χ1n) is 7.52. The minimum atomic E-state index is -0.464. The van der Waals surface area contributed by atoms with Crippen molar-refractivity contribution in [1.82, 2.24) is 14.8 Å². The Bertz CT molecular complexity index is 777. The summed E-state index contributed by atoms with van der Waals surface area (Å²) in [5, 5.41) is 31.5. The number of hydrogen-bond donors (Lipinski definition) is 1. The van der Waals surface area contributed by atoms with Crippen LogP contribution in [0.1, 0.15) is 36.5 Å². The third-order valence-corrected chi connectivity index (χ3v) is 3.95. The highest BCUT2D eigenvalue weighted by Gasteiger charge is 2.17. The number of nitro groups is 1. The van der Waals surface area contributed by atoms with Gasteiger partial charge < -0.3 is 9.88 Å². The average molecular weight is 312 g/mol. The average Bonchev–Trinajstić information content (AvgIpc) is 2.78. The van der Waals surface area contributed by atoms with E-state index in [0.29, 0.717) is 17.8 Å². The van der Waals surface area contributed by atoms with Gasteiger partial charge in [-0.2, -0.15) is 5.26 Å². The van der Waals surface area contributed by atoms with Crippen LogP contribution in [0.3, 0.4) is 0 Å². The Morgan fingerprint density at radius 2 is 2.22 bits per heavy atom. The molecule has 0 saturated carbocycles. The lowest BCUT2D eigenvalue weighted by atomic mass is 10.2. The van der Waals surface area contributed by atoms with Crippen molar-refractivity contribution >= 4 is 11.4 Å². The fraction of sp³-hybridized carbons (Fsp3) is 0.400. The minimum Gasteiger partial charge on any atom is -0.372 e. The third kappa shape index (κ3) is 3.13. The summed E-state index contributed by atoms with van der Waals surface area (Å²) in [5.41, 5.74) is 0.637. The van der Waals surface area contributed by atoms with Crippen molar-refractivity contribution in [3.8, 4) is 6.07 Å². The summed E-state index contributed by atoms with van der Waals surface area (Å²) in [6.45, 7) is 1.21. The van der Waals surface area contributed by atoms with Gasteiger partial charge in [-0.05, 0) is 25.0 Å². The first kappa shape index (κ1) is 15.0. The van der Waals surface area contributed by atoms with E-state index in [9.17, 15) is 10.1 Å². The highest BCUT2D eigenvalue weighted by Crippen LogP contribution is 2.26. The van der Waals surface area contributed by atoms with E-state index in [2.05, 4.69) is 20.1 Å². The first-order valence-corrected chi connectivity index (χ1v) is 7.52. The Morgan fingerprint density at radius 3 is 3.00 bits per heavy atom. The lowest BCUT2D eigenvalue weighted by Crippen LogP contribution is -2.11. The summed E-state index contributed by atoms with van der Waals surface area (Å²) >= 11 is 0. The Hall–Kier alpha value is -2.95. The van der Waals surface area contributed by atoms with Gasteiger partial charge in [-0.25, -0.2) is 0 Å². The molecule has 0 radical (unpaired) electrons. The molecule has 8 heteroatoms. The van der Waals surface area contributed by atoms with Crippen molar-refractivity contribution in [1.29, 1.82) is 5.26 Å². The number of nitrogens with one attached hydrogen (secondary N) is 1. The van der Waals surface area contributed by atoms with Crippen LogP contribution in [0.15, 0.2) is 18.2 Å². The van der Waals surface area contributed by atoms with Gasteiger partial charge in [-0.3, -0.25) is 10.1 Å². The summed E-state index contributed by atoms with van der Waals surface area (Å²) in [6.07, 6.45) is 4.28. The van der Waals surface area contributed by atoms with Gasteiger partial charge in [0.25, 0.3) is 5.69 Å². The minimum absolute atomic E-state index is 0.0559. The fourth-order valence-corrected chi connectivity index (χ4v) is 2.76. The Kier molecular flexibility index (Phi) is 4.19. The quantitative estimate of drug-likeness (QED) is 0.685. The number of fused-ring (bicyclic) bond motifs is 1. The maximum Gasteiger partial charge on any atom is 0.292 e. The Morgan fingerprint density at radius 1 is 1.35 bits per heavy atom. The molecule has 8 nitrogen and oxygen atoms in total. The van der Waals surface area contributed by atoms with Crippen LogP contribution in [0.5, 0.6) is 0 Å². The van der Waals surface area contributed by atoms with Gasteiger partial charge >= 0.3 is 0 Å². The molecular formula is C15H16N6O2. The predicted molar refractivity (Wildman–Crippen MR) is 82.7 cm³/mol. The van der Waals surface area contributed by atoms with E-state index in [4.69, 9.17) is 5.26 Å². The van der Waals surface area contributed by atoms with Crippen LogP contribution >= 0.6 is 0 Å². The molecule has 1 N–H and O–H groups in total. The summed E-state index contributed by atoms with van der Waals surface area (Å²) in [4.78, 5) is 10.6. The molecule has 0 bridgehead atoms. The molecule has 0 fully saturated rings. The summed E-state index contributed by atoms with van der Waals surface area (Å²) < 4.78 is 2.08. The molecule has 0 aliphatic carbocycles. The summed E-state index contributed by atoms with van der Waals surface area (Å²) in [6, 6.07) is 6.25. The molecule has 0 atom stereocenters. The zero-order valence-corrected chi connectivity index (χ0v) is 12.5. The highest BCUT2D eigenvalue weighted by molar-refractivity contribution is 5.64. The molecule has 2 heterocycles. The van der Waals surface area contributed by atoms with Crippen molar-refractivity contribution in [2.24, 2.45) is 0 Å². The van der Waals surface area contributed by atoms with Crippen LogP contribution in [-0.4, -0.2) is 19.7 Å². The van der Waals surface area contributed by atoms with Crippen molar-refractivity contribution in [2.45, 2.75) is 38.8 Å². The number of nitriles is 1. The summed E-state index contributed by atoms with van der Waals surface area (Å²) in [5.74, 6) is 1.73. The number of nitro benzene ring substituents is 1. The lowest BCUT2D eigenvalue weighted by molar-refractivity contribution is -0.384. The maximum atomic E-state index is 11.1. The van der Waals surface area contributed by atoms with E-state index in [0.717, 1.165) is 37.5 Å². The van der Waals surface area contributed by atoms with Gasteiger partial charge in [0.15, 0.2) is 5.82 Å². The smallest absolute Gasteiger partial charge is 0.292 e. The van der Waals surface area contributed by atoms with Gasteiger partial charge in [-0.1, -0.05) is 6.42 Å². The Balaban J connectivity index is 1.82. The molecule has 23 heavy (non-hydrogen) atoms. The van der Waals surface area contributed by atoms with Crippen LogP contribution in [0.2, 0.25) is 0 Å². The largest absolute Gasteiger partial charge is 0.372 e. The van der Waals surface area contributed by atoms with Gasteiger partial charge in [0.1, 0.15) is 11.5 Å². The molecule has 2 aromatic rings. The molecule has 3 rings (SSSR count). The number of aryl methyl sites for hydroxylation is 1. The zero-order valence-electron chi connectivity index (χ0n) is 12.5. The molecule has 1 aromatic heterocycles. The Labute approximate surface area is 132 Å². The van der Waals surface area contributed by atoms with E-state index in [1.54, 1.807) is 0 Å². The SMILES string of the molecule is N#Cc1ccc([N+](=O)[O-])c(NCc2nnc3n2CCCCC3)c1. The van der Waals surface area contributed by atoms with E-state index >= 15 is 0 Å². The normalized spacial score (nSPS) is 13.7. The molecule has 1 aliphatic rings. The van der Waals surface area contributed by atoms with E-state index in [1.165, 1.54) is 24.6 Å². The number of aromatic nitrogens is 3. The topological polar surface area (TPSA) is 110 Å². The van der Waals surface area contributed by atoms with Gasteiger partial charge in [0, 0.05) is 19.0 Å². The lowest BCUT2D eigenvalue weighted by Gasteiger charge is -2.09. The van der Waals surface area contributed by atoms with Crippen molar-refractivity contribution in [3.63, 3.8) is 0 Å². The van der Waals surface area contributed by atoms with Crippen LogP contribution in [0, 0.1) is 21.4 Å². The van der Waals surface area contributed by atoms with E-state index in [1.807, 2.05) is 6.07 Å². The molecule has 0 unspecified atom stereocenters. The van der Waals surface area contributed by atoms with E-state index < -0.39 is 4.92 Å². The van der Waals surface area contributed by atoms with Gasteiger partial charge in [0.05, 0.1) is 23.1 Å². The maximum absolute atomic E-state index is 11.1. The fourth-order valence-electron chi connectivity index (χ4n) is 2.76. The van der Waals surface area contributed by atoms with Gasteiger partial charge in [0.2, 0.25) is 0 Å². The van der Waals surface area contributed by atoms with Crippen molar-refractivity contribution < 1.29 is 4.92 Å². The molecule has 1 aliphatic heterocycles. The summed E-state index contributed by atoms with van der Waals surface area (Å²) in [7, 11) is 0. The monoisotopic (exact) mass is 312 g/mol. The van der Waals surface area contributed by atoms with Crippen LogP contribution in [-0.2, 0) is 19.5 Å². The third-order valence-electron chi connectivity index (χ3n) is 3.95. The van der Waals surface area contributed by atoms with Crippen LogP contribution in [0.4, 0.5) is 11.4 Å². The second-order valence-corrected chi connectivity index (χ2v) is 5.45. The standard InChI is InChI=1S/C15H16N6O2/c16-9-11-5-6-13(21(22)23)12(8-11)17-10-15-19-18-14-4-2-1-3-7-20(14)15/h5-6,8,17H,1-4,7,10H2. The number of anilines is 1. The van der Waals surface area contributed by atoms with Crippen LogP contribution < -0.4 is 5.32 Å². The number of rotatable bonds is 4. The second-order valence-electron chi connectivity index (χ2n) is 5.45. The molecular weight excluding hydrogens is 296 g/mol. The molecule has 118 valence electrons. The number of benzene rings is 1. The molecule has 0 spiro atoms. The van der Waals surface area contributed by atoms with Gasteiger partial charge in [-0.15, -0.1) is 10.2 Å². The molecule has 1 aromatic carbocycles. The van der Waals surface area contributed by atoms with Crippen LogP contribution in [0.25, 0.3) is 0 Å². The highest BCUT2D eigenvalue weighted by atomic mass is 16.6. The van der Waals surface area contributed by atoms with E-state index in [-0.39, 0.29) is 5.69 Å². The second kappa shape index (κ2) is 6.44. The predicted octanol–water partition coefficient (Wildman–Crippen LogP) is 2.40. The number of nitrogens with zero attached hydrogens (tertiary/aromatic N) is 5. The van der Waals surface area contributed by atoms with Crippen molar-refractivity contribution in [2.75, 3.05) is 5.32 Å². The molecule has 0 amide bonds. The number of hydrogen-bond acceptors (Lipinski definition) is 6.